The van der Waals surface area contributed by atoms with Crippen LogP contribution in [0.5, 0.6) is 0 Å². The molecule has 2 heterocycles. The molecule has 0 saturated heterocycles. The van der Waals surface area contributed by atoms with E-state index in [1.165, 1.54) is 139 Å². The Bertz CT molecular complexity index is 4400. The van der Waals surface area contributed by atoms with Crippen LogP contribution >= 0.6 is 0 Å². The lowest BCUT2D eigenvalue weighted by atomic mass is 9.65. The van der Waals surface area contributed by atoms with Gasteiger partial charge in [0.1, 0.15) is 0 Å². The van der Waals surface area contributed by atoms with Crippen LogP contribution in [-0.4, -0.2) is 4.57 Å². The molecule has 1 aromatic heterocycles. The van der Waals surface area contributed by atoms with Gasteiger partial charge in [0.05, 0.1) is 38.9 Å². The van der Waals surface area contributed by atoms with E-state index in [1.807, 2.05) is 0 Å². The molecule has 2 heteroatoms. The van der Waals surface area contributed by atoms with Crippen LogP contribution in [0.25, 0.3) is 72.0 Å². The summed E-state index contributed by atoms with van der Waals surface area (Å²) in [6.07, 6.45) is 0. The average Bonchev–Trinajstić information content (AvgIpc) is 4.21. The van der Waals surface area contributed by atoms with Gasteiger partial charge in [-0.1, -0.05) is 220 Å². The molecule has 17 rings (SSSR count). The Morgan fingerprint density at radius 1 is 0.315 bits per heavy atom. The Morgan fingerprint density at radius 3 is 1.37 bits per heavy atom. The number of hydrogen-bond donors (Lipinski definition) is 0. The van der Waals surface area contributed by atoms with Gasteiger partial charge in [0.25, 0.3) is 0 Å². The highest BCUT2D eigenvalue weighted by Gasteiger charge is 2.54. The zero-order chi connectivity index (χ0) is 48.0. The number of para-hydroxylation sites is 3. The number of aromatic nitrogens is 1. The van der Waals surface area contributed by atoms with E-state index in [2.05, 4.69) is 266 Å². The summed E-state index contributed by atoms with van der Waals surface area (Å²) in [5.74, 6) is 0. The van der Waals surface area contributed by atoms with Gasteiger partial charge in [-0.05, 0) is 125 Å². The second kappa shape index (κ2) is 13.7. The first-order chi connectivity index (χ1) is 36.0. The first-order valence-corrected chi connectivity index (χ1v) is 25.9. The second-order valence-electron chi connectivity index (χ2n) is 21.4. The van der Waals surface area contributed by atoms with Crippen LogP contribution in [0, 0.1) is 0 Å². The van der Waals surface area contributed by atoms with E-state index in [1.54, 1.807) is 0 Å². The average molecular weight is 927 g/mol. The highest BCUT2D eigenvalue weighted by molar-refractivity contribution is 6.13. The van der Waals surface area contributed by atoms with Gasteiger partial charge in [-0.2, -0.15) is 0 Å². The predicted octanol–water partition coefficient (Wildman–Crippen LogP) is 17.6. The number of hydrogen-bond acceptors (Lipinski definition) is 1. The Morgan fingerprint density at radius 2 is 0.740 bits per heavy atom. The van der Waals surface area contributed by atoms with Gasteiger partial charge in [0.15, 0.2) is 0 Å². The van der Waals surface area contributed by atoms with Crippen LogP contribution in [0.4, 0.5) is 17.1 Å². The van der Waals surface area contributed by atoms with Crippen LogP contribution in [0.1, 0.15) is 69.5 Å². The lowest BCUT2D eigenvalue weighted by molar-refractivity contribution is 0.660. The van der Waals surface area contributed by atoms with Gasteiger partial charge in [0, 0.05) is 33.0 Å². The maximum atomic E-state index is 2.65. The molecular formula is C71H46N2. The molecule has 0 N–H and O–H groups in total. The second-order valence-corrected chi connectivity index (χ2v) is 21.4. The van der Waals surface area contributed by atoms with Gasteiger partial charge in [-0.25, -0.2) is 0 Å². The molecule has 0 amide bonds. The van der Waals surface area contributed by atoms with Crippen LogP contribution in [0.15, 0.2) is 243 Å². The lowest BCUT2D eigenvalue weighted by Gasteiger charge is -2.39. The first kappa shape index (κ1) is 39.7. The van der Waals surface area contributed by atoms with E-state index in [4.69, 9.17) is 0 Å². The van der Waals surface area contributed by atoms with Crippen molar-refractivity contribution in [2.75, 3.05) is 4.90 Å². The van der Waals surface area contributed by atoms with Gasteiger partial charge >= 0.3 is 0 Å². The fourth-order valence-corrected chi connectivity index (χ4v) is 15.3. The van der Waals surface area contributed by atoms with Crippen molar-refractivity contribution >= 4 is 38.9 Å². The zero-order valence-electron chi connectivity index (χ0n) is 40.5. The van der Waals surface area contributed by atoms with Gasteiger partial charge in [0.2, 0.25) is 0 Å². The molecular weight excluding hydrogens is 881 g/mol. The highest BCUT2D eigenvalue weighted by atomic mass is 15.2. The van der Waals surface area contributed by atoms with E-state index in [0.717, 1.165) is 5.69 Å². The van der Waals surface area contributed by atoms with Gasteiger partial charge in [-0.15, -0.1) is 0 Å². The van der Waals surface area contributed by atoms with E-state index in [0.29, 0.717) is 0 Å². The maximum Gasteiger partial charge on any atom is 0.0755 e. The molecule has 0 bridgehead atoms. The third kappa shape index (κ3) is 4.55. The summed E-state index contributed by atoms with van der Waals surface area (Å²) >= 11 is 0. The number of fused-ring (bicyclic) bond motifs is 25. The minimum absolute atomic E-state index is 0.196. The molecule has 12 aromatic rings. The maximum absolute atomic E-state index is 2.65. The van der Waals surface area contributed by atoms with E-state index < -0.39 is 10.8 Å². The SMILES string of the molecule is CC1(C)c2ccccc2-c2ccc(N(c3cccc4c3-c3ccccc3C43c4ccccc4-c4ccccc43)c3cccc4c3-c3ccccc3C43c4ccccc4-n4c5ccccc5c5cccc3c54)cc21. The zero-order valence-corrected chi connectivity index (χ0v) is 40.5. The van der Waals surface area contributed by atoms with E-state index in [9.17, 15) is 0 Å². The molecule has 11 aromatic carbocycles. The van der Waals surface area contributed by atoms with Crippen molar-refractivity contribution < 1.29 is 0 Å². The Labute approximate surface area is 424 Å². The summed E-state index contributed by atoms with van der Waals surface area (Å²) in [4.78, 5) is 2.65. The number of nitrogens with zero attached hydrogens (tertiary/aromatic N) is 2. The van der Waals surface area contributed by atoms with Crippen molar-refractivity contribution in [3.8, 4) is 50.2 Å². The summed E-state index contributed by atoms with van der Waals surface area (Å²) in [5.41, 5.74) is 29.7. The molecule has 0 saturated carbocycles. The van der Waals surface area contributed by atoms with E-state index >= 15 is 0 Å². The topological polar surface area (TPSA) is 8.17 Å². The first-order valence-electron chi connectivity index (χ1n) is 25.9. The van der Waals surface area contributed by atoms with Crippen molar-refractivity contribution in [2.24, 2.45) is 0 Å². The largest absolute Gasteiger partial charge is 0.309 e. The molecule has 1 aliphatic heterocycles. The van der Waals surface area contributed by atoms with Crippen molar-refractivity contribution in [1.29, 1.82) is 0 Å². The van der Waals surface area contributed by atoms with Crippen molar-refractivity contribution in [2.45, 2.75) is 30.1 Å². The van der Waals surface area contributed by atoms with Crippen molar-refractivity contribution in [3.05, 3.63) is 298 Å². The van der Waals surface area contributed by atoms with Gasteiger partial charge in [-0.3, -0.25) is 0 Å². The molecule has 5 aliphatic rings. The molecule has 1 atom stereocenters. The lowest BCUT2D eigenvalue weighted by Crippen LogP contribution is -2.33. The third-order valence-corrected chi connectivity index (χ3v) is 18.0. The predicted molar refractivity (Wildman–Crippen MR) is 300 cm³/mol. The summed E-state index contributed by atoms with van der Waals surface area (Å²) in [6.45, 7) is 4.81. The minimum Gasteiger partial charge on any atom is -0.309 e. The third-order valence-electron chi connectivity index (χ3n) is 18.0. The summed E-state index contributed by atoms with van der Waals surface area (Å²) < 4.78 is 2.54. The summed E-state index contributed by atoms with van der Waals surface area (Å²) in [5, 5.41) is 2.57. The van der Waals surface area contributed by atoms with Crippen molar-refractivity contribution in [3.63, 3.8) is 0 Å². The van der Waals surface area contributed by atoms with E-state index in [-0.39, 0.29) is 5.41 Å². The fourth-order valence-electron chi connectivity index (χ4n) is 15.3. The molecule has 73 heavy (non-hydrogen) atoms. The molecule has 4 aliphatic carbocycles. The smallest absolute Gasteiger partial charge is 0.0755 e. The van der Waals surface area contributed by atoms with Gasteiger partial charge < -0.3 is 9.47 Å². The number of anilines is 3. The Kier molecular flexibility index (Phi) is 7.45. The quantitative estimate of drug-likeness (QED) is 0.171. The molecule has 1 unspecified atom stereocenters. The minimum atomic E-state index is -0.595. The van der Waals surface area contributed by atoms with Crippen LogP contribution < -0.4 is 4.90 Å². The molecule has 0 fully saturated rings. The van der Waals surface area contributed by atoms with Crippen molar-refractivity contribution in [1.82, 2.24) is 4.57 Å². The number of benzene rings is 11. The highest BCUT2D eigenvalue weighted by Crippen LogP contribution is 2.67. The van der Waals surface area contributed by atoms with Crippen LogP contribution in [-0.2, 0) is 16.2 Å². The summed E-state index contributed by atoms with van der Waals surface area (Å²) in [6, 6.07) is 92.8. The molecule has 2 nitrogen and oxygen atoms in total. The molecule has 340 valence electrons. The van der Waals surface area contributed by atoms with Crippen LogP contribution in [0.2, 0.25) is 0 Å². The van der Waals surface area contributed by atoms with Crippen LogP contribution in [0.3, 0.4) is 0 Å². The standard InChI is InChI=1S/C71H46N2/c1-69(2)52-27-9-3-20-44(52)47-41-40-43(42-61(47)69)72(64-38-18-33-58-66(64)50-24-6-12-30-55(50)70(58)53-28-10-4-21-45(53)46-22-5-11-29-54(46)70)65-39-19-34-59-67(65)51-25-7-13-31-56(51)71(59)57-32-14-16-37-63(57)73-62-36-15-8-23-48(62)49-26-17-35-60(71)68(49)73/h3-42H,1-2H3. The number of rotatable bonds is 3. The molecule has 0 radical (unpaired) electrons. The fraction of sp³-hybridized carbons (Fsp3) is 0.0704. The Hall–Kier alpha value is -8.98. The Balaban J connectivity index is 1.00. The monoisotopic (exact) mass is 926 g/mol. The summed E-state index contributed by atoms with van der Waals surface area (Å²) in [7, 11) is 0. The molecule has 2 spiro atoms. The normalized spacial score (nSPS) is 16.6.